The maximum absolute atomic E-state index is 12.8. The summed E-state index contributed by atoms with van der Waals surface area (Å²) in [4.78, 5) is 19.3. The molecular formula is C35H47ClN6O3. The smallest absolute Gasteiger partial charge is 0.224 e. The third-order valence-corrected chi connectivity index (χ3v) is 8.55. The van der Waals surface area contributed by atoms with E-state index in [1.807, 2.05) is 44.1 Å². The molecule has 1 aliphatic heterocycles. The number of halogens is 1. The van der Waals surface area contributed by atoms with Crippen LogP contribution in [0, 0.1) is 17.2 Å². The summed E-state index contributed by atoms with van der Waals surface area (Å²) in [6.07, 6.45) is 8.68. The number of carbonyl (C=O) groups excluding carboxylic acids is 1. The third-order valence-electron chi connectivity index (χ3n) is 8.26. The number of anilines is 3. The van der Waals surface area contributed by atoms with Gasteiger partial charge in [-0.2, -0.15) is 5.26 Å². The molecule has 242 valence electrons. The van der Waals surface area contributed by atoms with Gasteiger partial charge in [0.2, 0.25) is 5.91 Å². The standard InChI is InChI=1S/C35H47ClN6O3/c1-6-8-10-24-13-12-23(3)39-31(24)22-45-32-15-14-26(17-28(32)36)40-35-25(20-37)21-38-29-19-33(44-7-2)30(18-27(29)35)41-34(43)11-9-16-42(4)5/h14-15,17-19,21,23-24,31,39H,6-13,16,22H2,1-5H3,(H,38,40)(H,41,43). The molecule has 9 nitrogen and oxygen atoms in total. The van der Waals surface area contributed by atoms with Crippen LogP contribution in [0.2, 0.25) is 5.02 Å². The van der Waals surface area contributed by atoms with E-state index in [4.69, 9.17) is 21.1 Å². The van der Waals surface area contributed by atoms with E-state index in [0.717, 1.165) is 13.0 Å². The van der Waals surface area contributed by atoms with Crippen molar-refractivity contribution in [3.63, 3.8) is 0 Å². The number of hydrogen-bond donors (Lipinski definition) is 3. The first kappa shape index (κ1) is 34.3. The number of piperidine rings is 1. The van der Waals surface area contributed by atoms with Crippen LogP contribution in [0.3, 0.4) is 0 Å². The van der Waals surface area contributed by atoms with Crippen molar-refractivity contribution in [3.05, 3.63) is 47.1 Å². The van der Waals surface area contributed by atoms with E-state index in [2.05, 4.69) is 40.9 Å². The van der Waals surface area contributed by atoms with Crippen LogP contribution < -0.4 is 25.4 Å². The van der Waals surface area contributed by atoms with Gasteiger partial charge in [0.15, 0.2) is 0 Å². The van der Waals surface area contributed by atoms with Gasteiger partial charge in [-0.3, -0.25) is 9.78 Å². The van der Waals surface area contributed by atoms with Gasteiger partial charge in [-0.15, -0.1) is 0 Å². The van der Waals surface area contributed by atoms with E-state index >= 15 is 0 Å². The van der Waals surface area contributed by atoms with E-state index in [1.165, 1.54) is 38.3 Å². The molecule has 3 atom stereocenters. The second kappa shape index (κ2) is 16.6. The molecule has 3 unspecified atom stereocenters. The van der Waals surface area contributed by atoms with Gasteiger partial charge in [-0.05, 0) is 90.4 Å². The van der Waals surface area contributed by atoms with Crippen molar-refractivity contribution in [2.75, 3.05) is 44.5 Å². The Kier molecular flexibility index (Phi) is 12.7. The number of benzene rings is 2. The molecule has 4 rings (SSSR count). The second-order valence-corrected chi connectivity index (χ2v) is 12.6. The number of nitriles is 1. The highest BCUT2D eigenvalue weighted by molar-refractivity contribution is 6.32. The minimum atomic E-state index is -0.104. The summed E-state index contributed by atoms with van der Waals surface area (Å²) in [5.41, 5.74) is 2.79. The van der Waals surface area contributed by atoms with Crippen molar-refractivity contribution in [1.82, 2.24) is 15.2 Å². The van der Waals surface area contributed by atoms with Crippen molar-refractivity contribution in [2.45, 2.75) is 77.8 Å². The molecule has 1 aromatic heterocycles. The second-order valence-electron chi connectivity index (χ2n) is 12.1. The van der Waals surface area contributed by atoms with E-state index in [9.17, 15) is 10.1 Å². The van der Waals surface area contributed by atoms with Gasteiger partial charge in [0.25, 0.3) is 0 Å². The Morgan fingerprint density at radius 1 is 1.16 bits per heavy atom. The first-order valence-electron chi connectivity index (χ1n) is 16.1. The first-order valence-corrected chi connectivity index (χ1v) is 16.5. The van der Waals surface area contributed by atoms with E-state index < -0.39 is 0 Å². The Morgan fingerprint density at radius 2 is 1.98 bits per heavy atom. The number of unbranched alkanes of at least 4 members (excludes halogenated alkanes) is 1. The SMILES string of the molecule is CCCCC1CCC(C)NC1COc1ccc(Nc2c(C#N)cnc3cc(OCC)c(NC(=O)CCCN(C)C)cc23)cc1Cl. The Labute approximate surface area is 272 Å². The van der Waals surface area contributed by atoms with Gasteiger partial charge in [0.05, 0.1) is 34.1 Å². The van der Waals surface area contributed by atoms with Gasteiger partial charge in [0.1, 0.15) is 24.2 Å². The zero-order valence-corrected chi connectivity index (χ0v) is 28.0. The number of fused-ring (bicyclic) bond motifs is 1. The van der Waals surface area contributed by atoms with Crippen LogP contribution in [0.5, 0.6) is 11.5 Å². The molecular weight excluding hydrogens is 588 g/mol. The van der Waals surface area contributed by atoms with Gasteiger partial charge in [-0.25, -0.2) is 0 Å². The number of rotatable bonds is 15. The Hall–Kier alpha value is -3.58. The summed E-state index contributed by atoms with van der Waals surface area (Å²) in [6, 6.07) is 12.2. The fourth-order valence-corrected chi connectivity index (χ4v) is 6.08. The Morgan fingerprint density at radius 3 is 2.69 bits per heavy atom. The number of amides is 1. The number of nitrogens with zero attached hydrogens (tertiary/aromatic N) is 3. The van der Waals surface area contributed by atoms with Crippen molar-refractivity contribution < 1.29 is 14.3 Å². The zero-order chi connectivity index (χ0) is 32.3. The highest BCUT2D eigenvalue weighted by Gasteiger charge is 2.28. The van der Waals surface area contributed by atoms with Crippen LogP contribution >= 0.6 is 11.6 Å². The monoisotopic (exact) mass is 634 g/mol. The molecule has 1 saturated heterocycles. The topological polar surface area (TPSA) is 112 Å². The van der Waals surface area contributed by atoms with E-state index in [-0.39, 0.29) is 5.91 Å². The van der Waals surface area contributed by atoms with Crippen molar-refractivity contribution >= 4 is 45.5 Å². The average molecular weight is 635 g/mol. The number of aromatic nitrogens is 1. The molecule has 10 heteroatoms. The lowest BCUT2D eigenvalue weighted by molar-refractivity contribution is -0.116. The molecule has 3 aromatic rings. The number of nitrogens with one attached hydrogen (secondary N) is 3. The maximum Gasteiger partial charge on any atom is 0.224 e. The summed E-state index contributed by atoms with van der Waals surface area (Å²) in [6.45, 7) is 8.16. The van der Waals surface area contributed by atoms with Crippen LogP contribution in [0.1, 0.15) is 71.3 Å². The Balaban J connectivity index is 1.55. The third kappa shape index (κ3) is 9.46. The summed E-state index contributed by atoms with van der Waals surface area (Å²) in [5.74, 6) is 1.64. The van der Waals surface area contributed by atoms with Crippen molar-refractivity contribution in [3.8, 4) is 17.6 Å². The molecule has 0 saturated carbocycles. The molecule has 2 aromatic carbocycles. The quantitative estimate of drug-likeness (QED) is 0.157. The van der Waals surface area contributed by atoms with Crippen molar-refractivity contribution in [2.24, 2.45) is 5.92 Å². The van der Waals surface area contributed by atoms with Gasteiger partial charge >= 0.3 is 0 Å². The fourth-order valence-electron chi connectivity index (χ4n) is 5.85. The predicted octanol–water partition coefficient (Wildman–Crippen LogP) is 7.51. The molecule has 0 spiro atoms. The highest BCUT2D eigenvalue weighted by Crippen LogP contribution is 2.37. The van der Waals surface area contributed by atoms with Crippen molar-refractivity contribution in [1.29, 1.82) is 5.26 Å². The van der Waals surface area contributed by atoms with Crippen LogP contribution in [0.4, 0.5) is 17.1 Å². The largest absolute Gasteiger partial charge is 0.492 e. The molecule has 0 aliphatic carbocycles. The number of ether oxygens (including phenoxy) is 2. The van der Waals surface area contributed by atoms with Gasteiger partial charge < -0.3 is 30.3 Å². The van der Waals surface area contributed by atoms with Gasteiger partial charge in [0, 0.05) is 41.8 Å². The molecule has 1 aliphatic rings. The molecule has 2 heterocycles. The summed E-state index contributed by atoms with van der Waals surface area (Å²) >= 11 is 6.72. The molecule has 1 fully saturated rings. The lowest BCUT2D eigenvalue weighted by atomic mass is 9.84. The van der Waals surface area contributed by atoms with Crippen LogP contribution in [0.25, 0.3) is 10.9 Å². The van der Waals surface area contributed by atoms with E-state index in [1.54, 1.807) is 12.1 Å². The fraction of sp³-hybridized carbons (Fsp3) is 0.514. The number of hydrogen-bond acceptors (Lipinski definition) is 8. The number of carbonyl (C=O) groups is 1. The molecule has 0 bridgehead atoms. The molecule has 3 N–H and O–H groups in total. The minimum Gasteiger partial charge on any atom is -0.492 e. The average Bonchev–Trinajstić information content (AvgIpc) is 3.00. The predicted molar refractivity (Wildman–Crippen MR) is 183 cm³/mol. The van der Waals surface area contributed by atoms with Crippen LogP contribution in [-0.2, 0) is 4.79 Å². The summed E-state index contributed by atoms with van der Waals surface area (Å²) < 4.78 is 12.1. The lowest BCUT2D eigenvalue weighted by Gasteiger charge is -2.36. The van der Waals surface area contributed by atoms with E-state index in [0.29, 0.717) is 87.7 Å². The highest BCUT2D eigenvalue weighted by atomic mass is 35.5. The van der Waals surface area contributed by atoms with Gasteiger partial charge in [-0.1, -0.05) is 31.4 Å². The lowest BCUT2D eigenvalue weighted by Crippen LogP contribution is -2.49. The molecule has 45 heavy (non-hydrogen) atoms. The first-order chi connectivity index (χ1) is 21.7. The number of pyridine rings is 1. The zero-order valence-electron chi connectivity index (χ0n) is 27.2. The minimum absolute atomic E-state index is 0.104. The van der Waals surface area contributed by atoms with Crippen LogP contribution in [0.15, 0.2) is 36.5 Å². The summed E-state index contributed by atoms with van der Waals surface area (Å²) in [5, 5.41) is 21.2. The molecule has 1 amide bonds. The summed E-state index contributed by atoms with van der Waals surface area (Å²) in [7, 11) is 3.96. The molecule has 0 radical (unpaired) electrons. The van der Waals surface area contributed by atoms with Crippen LogP contribution in [-0.4, -0.2) is 61.7 Å². The normalized spacial score (nSPS) is 18.0. The Bertz CT molecular complexity index is 1490. The maximum atomic E-state index is 12.8.